The number of fused-ring (bicyclic) bond motifs is 1. The number of carbonyl (C=O) groups excluding carboxylic acids is 4. The van der Waals surface area contributed by atoms with Crippen LogP contribution < -0.4 is 4.74 Å². The number of carbonyl (C=O) groups is 4. The first kappa shape index (κ1) is 29.7. The Bertz CT molecular complexity index is 1360. The average Bonchev–Trinajstić information content (AvgIpc) is 2.85. The molecule has 16 heteroatoms. The fraction of sp³-hybridized carbons (Fsp3) is 0.417. The lowest BCUT2D eigenvalue weighted by Crippen LogP contribution is -2.63. The molecule has 0 unspecified atom stereocenters. The maximum atomic E-state index is 12.0. The fourth-order valence-corrected chi connectivity index (χ4v) is 4.13. The van der Waals surface area contributed by atoms with Gasteiger partial charge in [-0.25, -0.2) is 0 Å². The molecule has 3 rings (SSSR count). The van der Waals surface area contributed by atoms with Gasteiger partial charge in [-0.15, -0.1) is 0 Å². The van der Waals surface area contributed by atoms with Crippen LogP contribution in [0.4, 0.5) is 11.4 Å². The smallest absolute Gasteiger partial charge is 0.318 e. The van der Waals surface area contributed by atoms with E-state index in [1.54, 1.807) is 0 Å². The standard InChI is InChI=1S/C24H24N2O14/c1-11(27)35-10-19-21(36-12(2)28)22(37-13(3)29)23(38-14(4)30)24(39-19)40-20-16-8-6-5-7-15(16)17(25(31)32)9-18(20)26(33)34/h5-9,19,21-24H,10H2,1-4H3/t19-,21+,22-,23-,24-/m0/s1. The summed E-state index contributed by atoms with van der Waals surface area (Å²) in [5.41, 5.74) is -1.39. The van der Waals surface area contributed by atoms with Crippen molar-refractivity contribution in [2.45, 2.75) is 58.4 Å². The first-order valence-electron chi connectivity index (χ1n) is 11.6. The molecule has 0 saturated carbocycles. The van der Waals surface area contributed by atoms with Crippen LogP contribution in [0.25, 0.3) is 10.8 Å². The minimum Gasteiger partial charge on any atom is -0.463 e. The van der Waals surface area contributed by atoms with Gasteiger partial charge in [0, 0.05) is 33.1 Å². The molecule has 1 saturated heterocycles. The van der Waals surface area contributed by atoms with Crippen LogP contribution in [0.2, 0.25) is 0 Å². The molecule has 1 fully saturated rings. The summed E-state index contributed by atoms with van der Waals surface area (Å²) in [5.74, 6) is -3.89. The molecular weight excluding hydrogens is 540 g/mol. The number of nitro groups is 2. The first-order valence-corrected chi connectivity index (χ1v) is 11.6. The van der Waals surface area contributed by atoms with Gasteiger partial charge in [-0.2, -0.15) is 0 Å². The van der Waals surface area contributed by atoms with Crippen LogP contribution in [0.3, 0.4) is 0 Å². The quantitative estimate of drug-likeness (QED) is 0.185. The minimum atomic E-state index is -1.79. The van der Waals surface area contributed by atoms with Gasteiger partial charge < -0.3 is 28.4 Å². The van der Waals surface area contributed by atoms with Crippen molar-refractivity contribution in [2.75, 3.05) is 6.61 Å². The van der Waals surface area contributed by atoms with E-state index in [0.717, 1.165) is 27.7 Å². The van der Waals surface area contributed by atoms with Crippen LogP contribution in [0.1, 0.15) is 27.7 Å². The van der Waals surface area contributed by atoms with Crippen molar-refractivity contribution in [1.29, 1.82) is 0 Å². The van der Waals surface area contributed by atoms with Gasteiger partial charge in [-0.05, 0) is 6.07 Å². The molecule has 0 aromatic heterocycles. The third-order valence-electron chi connectivity index (χ3n) is 5.53. The zero-order valence-electron chi connectivity index (χ0n) is 21.6. The molecule has 214 valence electrons. The Kier molecular flexibility index (Phi) is 9.15. The lowest BCUT2D eigenvalue weighted by Gasteiger charge is -2.43. The summed E-state index contributed by atoms with van der Waals surface area (Å²) < 4.78 is 32.6. The van der Waals surface area contributed by atoms with E-state index in [2.05, 4.69) is 0 Å². The van der Waals surface area contributed by atoms with E-state index in [1.807, 2.05) is 0 Å². The molecule has 0 aliphatic carbocycles. The molecule has 0 N–H and O–H groups in total. The molecular formula is C24H24N2O14. The molecule has 0 amide bonds. The summed E-state index contributed by atoms with van der Waals surface area (Å²) in [4.78, 5) is 69.3. The number of non-ortho nitro benzene ring substituents is 1. The lowest BCUT2D eigenvalue weighted by atomic mass is 9.98. The average molecular weight is 564 g/mol. The number of rotatable bonds is 9. The highest BCUT2D eigenvalue weighted by molar-refractivity contribution is 5.98. The number of hydrogen-bond acceptors (Lipinski definition) is 14. The Labute approximate surface area is 225 Å². The molecule has 1 aliphatic rings. The predicted molar refractivity (Wildman–Crippen MR) is 130 cm³/mol. The van der Waals surface area contributed by atoms with E-state index in [-0.39, 0.29) is 10.8 Å². The van der Waals surface area contributed by atoms with Gasteiger partial charge in [0.25, 0.3) is 5.69 Å². The third-order valence-corrected chi connectivity index (χ3v) is 5.53. The summed E-state index contributed by atoms with van der Waals surface area (Å²) >= 11 is 0. The van der Waals surface area contributed by atoms with Crippen LogP contribution in [-0.2, 0) is 42.9 Å². The summed E-state index contributed by atoms with van der Waals surface area (Å²) in [5, 5.41) is 23.5. The molecule has 40 heavy (non-hydrogen) atoms. The Hall–Kier alpha value is -4.86. The van der Waals surface area contributed by atoms with Crippen molar-refractivity contribution in [1.82, 2.24) is 0 Å². The van der Waals surface area contributed by atoms with Crippen molar-refractivity contribution in [3.8, 4) is 5.75 Å². The van der Waals surface area contributed by atoms with Gasteiger partial charge in [0.15, 0.2) is 12.2 Å². The van der Waals surface area contributed by atoms with E-state index in [0.29, 0.717) is 6.07 Å². The van der Waals surface area contributed by atoms with Crippen molar-refractivity contribution >= 4 is 46.0 Å². The minimum absolute atomic E-state index is 0.0151. The van der Waals surface area contributed by atoms with Gasteiger partial charge >= 0.3 is 29.6 Å². The number of esters is 4. The highest BCUT2D eigenvalue weighted by Gasteiger charge is 2.54. The SMILES string of the molecule is CC(=O)OC[C@@H]1O[C@@H](Oc2c([N+](=O)[O-])cc([N+](=O)[O-])c3ccccc23)[C@@H](OC(C)=O)[C@@H](OC(C)=O)[C@@H]1OC(C)=O. The van der Waals surface area contributed by atoms with Crippen molar-refractivity contribution in [3.05, 3.63) is 50.6 Å². The Morgan fingerprint density at radius 1 is 0.775 bits per heavy atom. The highest BCUT2D eigenvalue weighted by atomic mass is 16.7. The van der Waals surface area contributed by atoms with E-state index in [4.69, 9.17) is 28.4 Å². The van der Waals surface area contributed by atoms with Crippen LogP contribution in [0.15, 0.2) is 30.3 Å². The zero-order valence-corrected chi connectivity index (χ0v) is 21.6. The summed E-state index contributed by atoms with van der Waals surface area (Å²) in [7, 11) is 0. The maximum absolute atomic E-state index is 12.0. The second-order valence-corrected chi connectivity index (χ2v) is 8.49. The topological polar surface area (TPSA) is 210 Å². The fourth-order valence-electron chi connectivity index (χ4n) is 4.13. The van der Waals surface area contributed by atoms with Crippen LogP contribution in [0.5, 0.6) is 5.75 Å². The number of nitrogens with zero attached hydrogens (tertiary/aromatic N) is 2. The third kappa shape index (κ3) is 6.76. The Morgan fingerprint density at radius 2 is 1.30 bits per heavy atom. The zero-order chi connectivity index (χ0) is 29.7. The van der Waals surface area contributed by atoms with Crippen molar-refractivity contribution < 1.29 is 57.4 Å². The molecule has 1 heterocycles. The van der Waals surface area contributed by atoms with Gasteiger partial charge in [0.1, 0.15) is 12.7 Å². The van der Waals surface area contributed by atoms with Gasteiger partial charge in [-0.1, -0.05) is 18.2 Å². The van der Waals surface area contributed by atoms with Crippen LogP contribution in [-0.4, -0.2) is 71.0 Å². The largest absolute Gasteiger partial charge is 0.463 e. The van der Waals surface area contributed by atoms with Crippen LogP contribution >= 0.6 is 0 Å². The number of ether oxygens (including phenoxy) is 6. The van der Waals surface area contributed by atoms with Crippen LogP contribution in [0, 0.1) is 20.2 Å². The Balaban J connectivity index is 2.21. The maximum Gasteiger partial charge on any atom is 0.318 e. The van der Waals surface area contributed by atoms with E-state index >= 15 is 0 Å². The molecule has 2 aromatic carbocycles. The Morgan fingerprint density at radius 3 is 1.82 bits per heavy atom. The molecule has 16 nitrogen and oxygen atoms in total. The normalized spacial score (nSPS) is 22.1. The second kappa shape index (κ2) is 12.3. The molecule has 1 aliphatic heterocycles. The number of hydrogen-bond donors (Lipinski definition) is 0. The summed E-state index contributed by atoms with van der Waals surface area (Å²) in [6, 6.07) is 6.30. The molecule has 0 spiro atoms. The molecule has 2 aromatic rings. The van der Waals surface area contributed by atoms with E-state index in [1.165, 1.54) is 24.3 Å². The van der Waals surface area contributed by atoms with Gasteiger partial charge in [0.05, 0.1) is 21.3 Å². The summed E-state index contributed by atoms with van der Waals surface area (Å²) in [6.07, 6.45) is -7.91. The van der Waals surface area contributed by atoms with E-state index in [9.17, 15) is 39.4 Å². The predicted octanol–water partition coefficient (Wildman–Crippen LogP) is 2.12. The van der Waals surface area contributed by atoms with Gasteiger partial charge in [0.2, 0.25) is 18.1 Å². The molecule has 0 radical (unpaired) electrons. The van der Waals surface area contributed by atoms with Crippen molar-refractivity contribution in [3.63, 3.8) is 0 Å². The monoisotopic (exact) mass is 564 g/mol. The lowest BCUT2D eigenvalue weighted by molar-refractivity contribution is -0.394. The van der Waals surface area contributed by atoms with E-state index < -0.39 is 88.2 Å². The molecule has 0 bridgehead atoms. The first-order chi connectivity index (χ1) is 18.8. The van der Waals surface area contributed by atoms with Crippen molar-refractivity contribution in [2.24, 2.45) is 0 Å². The highest BCUT2D eigenvalue weighted by Crippen LogP contribution is 2.43. The van der Waals surface area contributed by atoms with Gasteiger partial charge in [-0.3, -0.25) is 39.4 Å². The number of benzene rings is 2. The summed E-state index contributed by atoms with van der Waals surface area (Å²) in [6.45, 7) is 3.62. The second-order valence-electron chi connectivity index (χ2n) is 8.49. The number of nitro benzene ring substituents is 2. The molecule has 5 atom stereocenters.